The van der Waals surface area contributed by atoms with Crippen molar-refractivity contribution in [2.75, 3.05) is 31.3 Å². The van der Waals surface area contributed by atoms with Gasteiger partial charge in [0, 0.05) is 43.5 Å². The van der Waals surface area contributed by atoms with Gasteiger partial charge >= 0.3 is 0 Å². The van der Waals surface area contributed by atoms with Crippen LogP contribution in [0.5, 0.6) is 0 Å². The number of fused-ring (bicyclic) bond motifs is 1. The monoisotopic (exact) mass is 374 g/mol. The van der Waals surface area contributed by atoms with Gasteiger partial charge in [0.2, 0.25) is 0 Å². The Morgan fingerprint density at radius 2 is 1.93 bits per heavy atom. The largest absolute Gasteiger partial charge is 0.384 e. The van der Waals surface area contributed by atoms with Gasteiger partial charge in [-0.05, 0) is 18.6 Å². The van der Waals surface area contributed by atoms with Gasteiger partial charge in [-0.1, -0.05) is 30.3 Å². The van der Waals surface area contributed by atoms with Gasteiger partial charge in [0.05, 0.1) is 12.2 Å². The highest BCUT2D eigenvalue weighted by molar-refractivity contribution is 5.94. The third-order valence-corrected chi connectivity index (χ3v) is 4.81. The summed E-state index contributed by atoms with van der Waals surface area (Å²) in [4.78, 5) is 30.3. The summed E-state index contributed by atoms with van der Waals surface area (Å²) in [6.45, 7) is 1.06. The molecule has 1 aliphatic heterocycles. The van der Waals surface area contributed by atoms with Crippen molar-refractivity contribution in [3.63, 3.8) is 0 Å². The summed E-state index contributed by atoms with van der Waals surface area (Å²) in [5.41, 5.74) is 9.22. The van der Waals surface area contributed by atoms with E-state index in [4.69, 9.17) is 15.7 Å². The van der Waals surface area contributed by atoms with Crippen molar-refractivity contribution < 1.29 is 4.79 Å². The zero-order valence-corrected chi connectivity index (χ0v) is 16.0. The molecule has 0 saturated heterocycles. The standard InChI is InChI=1S/C21H22N6O/c1-26(2)20-16-9-11-27(21(28)15-8-10-23-18(22)12-15)13-17(16)24-19(25-20)14-6-4-3-5-7-14/h3-8,10,12H,9,11,13H2,1-2H3,(H2,22,23). The predicted octanol–water partition coefficient (Wildman–Crippen LogP) is 2.39. The second-order valence-corrected chi connectivity index (χ2v) is 7.00. The molecule has 0 radical (unpaired) electrons. The van der Waals surface area contributed by atoms with Crippen LogP contribution in [0.4, 0.5) is 11.6 Å². The molecule has 1 aromatic carbocycles. The van der Waals surface area contributed by atoms with E-state index in [1.54, 1.807) is 23.2 Å². The summed E-state index contributed by atoms with van der Waals surface area (Å²) < 4.78 is 0. The summed E-state index contributed by atoms with van der Waals surface area (Å²) in [7, 11) is 3.96. The number of aromatic nitrogens is 3. The van der Waals surface area contributed by atoms with Crippen LogP contribution in [0, 0.1) is 0 Å². The van der Waals surface area contributed by atoms with Gasteiger partial charge in [0.1, 0.15) is 11.6 Å². The van der Waals surface area contributed by atoms with Crippen LogP contribution in [0.25, 0.3) is 11.4 Å². The van der Waals surface area contributed by atoms with Crippen molar-refractivity contribution in [3.05, 3.63) is 65.5 Å². The molecular formula is C21H22N6O. The van der Waals surface area contributed by atoms with Crippen molar-refractivity contribution in [1.29, 1.82) is 0 Å². The summed E-state index contributed by atoms with van der Waals surface area (Å²) in [6, 6.07) is 13.2. The topological polar surface area (TPSA) is 88.2 Å². The molecule has 4 rings (SSSR count). The molecule has 2 aromatic heterocycles. The first kappa shape index (κ1) is 17.9. The maximum Gasteiger partial charge on any atom is 0.254 e. The van der Waals surface area contributed by atoms with Gasteiger partial charge in [0.25, 0.3) is 5.91 Å². The Hall–Kier alpha value is -3.48. The average Bonchev–Trinajstić information content (AvgIpc) is 2.72. The Kier molecular flexibility index (Phi) is 4.65. The highest BCUT2D eigenvalue weighted by Crippen LogP contribution is 2.29. The van der Waals surface area contributed by atoms with Crippen LogP contribution in [0.15, 0.2) is 48.7 Å². The van der Waals surface area contributed by atoms with Gasteiger partial charge in [0.15, 0.2) is 5.82 Å². The highest BCUT2D eigenvalue weighted by atomic mass is 16.2. The second-order valence-electron chi connectivity index (χ2n) is 7.00. The highest BCUT2D eigenvalue weighted by Gasteiger charge is 2.27. The fraction of sp³-hybridized carbons (Fsp3) is 0.238. The van der Waals surface area contributed by atoms with E-state index in [0.29, 0.717) is 36.7 Å². The van der Waals surface area contributed by atoms with Crippen molar-refractivity contribution >= 4 is 17.5 Å². The molecule has 0 spiro atoms. The summed E-state index contributed by atoms with van der Waals surface area (Å²) in [5, 5.41) is 0. The van der Waals surface area contributed by atoms with Crippen LogP contribution in [0.3, 0.4) is 0 Å². The van der Waals surface area contributed by atoms with E-state index >= 15 is 0 Å². The smallest absolute Gasteiger partial charge is 0.254 e. The number of nitrogen functional groups attached to an aromatic ring is 1. The number of rotatable bonds is 3. The van der Waals surface area contributed by atoms with Gasteiger partial charge < -0.3 is 15.5 Å². The van der Waals surface area contributed by atoms with Crippen molar-refractivity contribution in [3.8, 4) is 11.4 Å². The number of anilines is 2. The van der Waals surface area contributed by atoms with Crippen molar-refractivity contribution in [1.82, 2.24) is 19.9 Å². The Bertz CT molecular complexity index is 1020. The Labute approximate surface area is 163 Å². The van der Waals surface area contributed by atoms with E-state index in [2.05, 4.69) is 4.98 Å². The number of nitrogens with two attached hydrogens (primary N) is 1. The van der Waals surface area contributed by atoms with E-state index in [1.165, 1.54) is 0 Å². The van der Waals surface area contributed by atoms with Crippen LogP contribution in [-0.4, -0.2) is 46.4 Å². The molecule has 0 bridgehead atoms. The molecule has 3 heterocycles. The number of carbonyl (C=O) groups excluding carboxylic acids is 1. The van der Waals surface area contributed by atoms with Crippen LogP contribution >= 0.6 is 0 Å². The number of hydrogen-bond donors (Lipinski definition) is 1. The molecule has 142 valence electrons. The lowest BCUT2D eigenvalue weighted by Gasteiger charge is -2.30. The molecule has 0 aliphatic carbocycles. The minimum Gasteiger partial charge on any atom is -0.384 e. The minimum absolute atomic E-state index is 0.0639. The third-order valence-electron chi connectivity index (χ3n) is 4.81. The Morgan fingerprint density at radius 1 is 1.14 bits per heavy atom. The first-order valence-electron chi connectivity index (χ1n) is 9.16. The lowest BCUT2D eigenvalue weighted by Crippen LogP contribution is -2.37. The zero-order chi connectivity index (χ0) is 19.7. The maximum atomic E-state index is 12.9. The van der Waals surface area contributed by atoms with Gasteiger partial charge in [-0.25, -0.2) is 15.0 Å². The SMILES string of the molecule is CN(C)c1nc(-c2ccccc2)nc2c1CCN(C(=O)c1ccnc(N)c1)C2. The van der Waals surface area contributed by atoms with E-state index in [-0.39, 0.29) is 5.91 Å². The fourth-order valence-electron chi connectivity index (χ4n) is 3.43. The van der Waals surface area contributed by atoms with Crippen LogP contribution in [0.1, 0.15) is 21.6 Å². The molecule has 0 unspecified atom stereocenters. The molecule has 7 nitrogen and oxygen atoms in total. The van der Waals surface area contributed by atoms with E-state index in [0.717, 1.165) is 22.6 Å². The van der Waals surface area contributed by atoms with Gasteiger partial charge in [-0.15, -0.1) is 0 Å². The number of carbonyl (C=O) groups is 1. The quantitative estimate of drug-likeness (QED) is 0.757. The van der Waals surface area contributed by atoms with Crippen molar-refractivity contribution in [2.45, 2.75) is 13.0 Å². The summed E-state index contributed by atoms with van der Waals surface area (Å²) >= 11 is 0. The van der Waals surface area contributed by atoms with Crippen LogP contribution in [-0.2, 0) is 13.0 Å². The average molecular weight is 374 g/mol. The predicted molar refractivity (Wildman–Crippen MR) is 109 cm³/mol. The van der Waals surface area contributed by atoms with Crippen molar-refractivity contribution in [2.24, 2.45) is 0 Å². The Morgan fingerprint density at radius 3 is 2.64 bits per heavy atom. The summed E-state index contributed by atoms with van der Waals surface area (Å²) in [6.07, 6.45) is 2.27. The molecular weight excluding hydrogens is 352 g/mol. The fourth-order valence-corrected chi connectivity index (χ4v) is 3.43. The number of nitrogens with zero attached hydrogens (tertiary/aromatic N) is 5. The maximum absolute atomic E-state index is 12.9. The molecule has 2 N–H and O–H groups in total. The lowest BCUT2D eigenvalue weighted by atomic mass is 10.0. The van der Waals surface area contributed by atoms with E-state index < -0.39 is 0 Å². The van der Waals surface area contributed by atoms with Crippen LogP contribution in [0.2, 0.25) is 0 Å². The molecule has 7 heteroatoms. The van der Waals surface area contributed by atoms with Gasteiger partial charge in [-0.2, -0.15) is 0 Å². The Balaban J connectivity index is 1.71. The van der Waals surface area contributed by atoms with Crippen LogP contribution < -0.4 is 10.6 Å². The lowest BCUT2D eigenvalue weighted by molar-refractivity contribution is 0.0732. The molecule has 3 aromatic rings. The number of benzene rings is 1. The number of hydrogen-bond acceptors (Lipinski definition) is 6. The number of amides is 1. The zero-order valence-electron chi connectivity index (χ0n) is 16.0. The normalized spacial score (nSPS) is 13.1. The molecule has 1 aliphatic rings. The summed E-state index contributed by atoms with van der Waals surface area (Å²) in [5.74, 6) is 1.85. The second kappa shape index (κ2) is 7.26. The number of pyridine rings is 1. The first-order valence-corrected chi connectivity index (χ1v) is 9.16. The van der Waals surface area contributed by atoms with E-state index in [1.807, 2.05) is 49.3 Å². The van der Waals surface area contributed by atoms with E-state index in [9.17, 15) is 4.79 Å². The molecule has 1 amide bonds. The first-order chi connectivity index (χ1) is 13.5. The van der Waals surface area contributed by atoms with Gasteiger partial charge in [-0.3, -0.25) is 4.79 Å². The third kappa shape index (κ3) is 3.38. The minimum atomic E-state index is -0.0639. The molecule has 0 saturated carbocycles. The molecule has 0 atom stereocenters. The molecule has 28 heavy (non-hydrogen) atoms. The molecule has 0 fully saturated rings.